The molecule has 0 unspecified atom stereocenters. The van der Waals surface area contributed by atoms with Crippen LogP contribution in [0, 0.1) is 5.92 Å². The number of halogens is 1. The molecule has 1 aliphatic heterocycles. The molecule has 0 saturated carbocycles. The maximum absolute atomic E-state index is 13.3. The van der Waals surface area contributed by atoms with Crippen molar-refractivity contribution in [3.8, 4) is 0 Å². The molecule has 0 aromatic carbocycles. The fourth-order valence-corrected chi connectivity index (χ4v) is 4.05. The lowest BCUT2D eigenvalue weighted by molar-refractivity contribution is -0.167. The number of carbonyl (C=O) groups is 4. The Hall–Kier alpha value is -2.93. The Kier molecular flexibility index (Phi) is 9.21. The highest BCUT2D eigenvalue weighted by atomic mass is 35.5. The van der Waals surface area contributed by atoms with E-state index in [0.717, 1.165) is 18.9 Å². The van der Waals surface area contributed by atoms with Crippen LogP contribution in [0.25, 0.3) is 0 Å². The number of esters is 2. The van der Waals surface area contributed by atoms with Crippen LogP contribution in [0.3, 0.4) is 0 Å². The summed E-state index contributed by atoms with van der Waals surface area (Å²) in [6, 6.07) is 0. The molecular weight excluding hydrogens is 458 g/mol. The van der Waals surface area contributed by atoms with Gasteiger partial charge in [0.15, 0.2) is 0 Å². The quantitative estimate of drug-likeness (QED) is 0.267. The minimum atomic E-state index is -2.02. The normalized spacial score (nSPS) is 21.9. The minimum Gasteiger partial charge on any atom is -0.469 e. The number of carbonyl (C=O) groups excluding carboxylic acids is 4. The van der Waals surface area contributed by atoms with Gasteiger partial charge in [0, 0.05) is 42.9 Å². The highest BCUT2D eigenvalue weighted by Gasteiger charge is 2.52. The summed E-state index contributed by atoms with van der Waals surface area (Å²) in [6.07, 6.45) is 11.0. The molecule has 2 aliphatic rings. The maximum Gasteiger partial charge on any atom is 0.305 e. The molecule has 0 aromatic rings. The summed E-state index contributed by atoms with van der Waals surface area (Å²) in [4.78, 5) is 51.1. The van der Waals surface area contributed by atoms with Crippen LogP contribution in [0.5, 0.6) is 0 Å². The predicted octanol–water partition coefficient (Wildman–Crippen LogP) is 4.54. The van der Waals surface area contributed by atoms with Gasteiger partial charge in [-0.2, -0.15) is 0 Å². The van der Waals surface area contributed by atoms with Crippen LogP contribution < -0.4 is 0 Å². The van der Waals surface area contributed by atoms with Gasteiger partial charge in [0.05, 0.1) is 12.1 Å². The number of Topliss-reactive ketones (excluding diaryl/α,β-unsaturated/α-hetero) is 2. The zero-order chi connectivity index (χ0) is 25.6. The molecule has 0 bridgehead atoms. The third-order valence-electron chi connectivity index (χ3n) is 5.81. The van der Waals surface area contributed by atoms with E-state index in [1.54, 1.807) is 12.3 Å². The molecule has 2 atom stereocenters. The van der Waals surface area contributed by atoms with Gasteiger partial charge in [0.2, 0.25) is 17.2 Å². The molecule has 0 N–H and O–H groups in total. The predicted molar refractivity (Wildman–Crippen MR) is 130 cm³/mol. The smallest absolute Gasteiger partial charge is 0.305 e. The summed E-state index contributed by atoms with van der Waals surface area (Å²) in [7, 11) is 1.33. The molecule has 1 aliphatic carbocycles. The van der Waals surface area contributed by atoms with Crippen molar-refractivity contribution in [2.45, 2.75) is 59.5 Å². The summed E-state index contributed by atoms with van der Waals surface area (Å²) in [6.45, 7) is 9.05. The standard InChI is InChI=1S/C26H32ClNO6/c1-7-16(2)13-17(3)10-11-19-14-20-21(15-28(19)12-8-9-22(30)33-6)24(31)26(5,34-18(4)29)25(32)23(20)27/h10-11,13-16H,7-9,12H2,1-6H3/b11-10+,17-13+/t16-,26+/m0/s1. The molecule has 0 radical (unpaired) electrons. The van der Waals surface area contributed by atoms with Crippen molar-refractivity contribution in [2.75, 3.05) is 13.7 Å². The van der Waals surface area contributed by atoms with Gasteiger partial charge < -0.3 is 14.4 Å². The highest BCUT2D eigenvalue weighted by molar-refractivity contribution is 6.49. The monoisotopic (exact) mass is 489 g/mol. The van der Waals surface area contributed by atoms with Gasteiger partial charge in [-0.25, -0.2) is 0 Å². The van der Waals surface area contributed by atoms with E-state index in [1.807, 2.05) is 24.0 Å². The molecule has 1 heterocycles. The number of rotatable bonds is 9. The Morgan fingerprint density at radius 1 is 1.24 bits per heavy atom. The first-order chi connectivity index (χ1) is 15.9. The van der Waals surface area contributed by atoms with Gasteiger partial charge in [0.1, 0.15) is 0 Å². The first kappa shape index (κ1) is 27.3. The highest BCUT2D eigenvalue weighted by Crippen LogP contribution is 2.39. The molecule has 184 valence electrons. The fraction of sp³-hybridized carbons (Fsp3) is 0.462. The summed E-state index contributed by atoms with van der Waals surface area (Å²) in [5.74, 6) is -2.06. The Labute approximate surface area is 205 Å². The van der Waals surface area contributed by atoms with Crippen molar-refractivity contribution in [1.29, 1.82) is 0 Å². The minimum absolute atomic E-state index is 0.165. The second-order valence-corrected chi connectivity index (χ2v) is 9.01. The van der Waals surface area contributed by atoms with Crippen molar-refractivity contribution in [2.24, 2.45) is 5.92 Å². The van der Waals surface area contributed by atoms with Crippen molar-refractivity contribution < 1.29 is 28.7 Å². The van der Waals surface area contributed by atoms with Gasteiger partial charge in [-0.15, -0.1) is 0 Å². The molecule has 0 spiro atoms. The van der Waals surface area contributed by atoms with Crippen molar-refractivity contribution in [3.05, 3.63) is 58.0 Å². The van der Waals surface area contributed by atoms with Crippen LogP contribution in [0.15, 0.2) is 58.0 Å². The molecule has 7 nitrogen and oxygen atoms in total. The summed E-state index contributed by atoms with van der Waals surface area (Å²) >= 11 is 6.39. The van der Waals surface area contributed by atoms with Crippen molar-refractivity contribution in [1.82, 2.24) is 4.90 Å². The molecule has 8 heteroatoms. The maximum atomic E-state index is 13.3. The second kappa shape index (κ2) is 11.5. The molecule has 2 rings (SSSR count). The van der Waals surface area contributed by atoms with E-state index >= 15 is 0 Å². The van der Waals surface area contributed by atoms with Gasteiger partial charge in [0.25, 0.3) is 0 Å². The van der Waals surface area contributed by atoms with E-state index in [0.29, 0.717) is 24.6 Å². The lowest BCUT2D eigenvalue weighted by atomic mass is 9.79. The third-order valence-corrected chi connectivity index (χ3v) is 6.19. The second-order valence-electron chi connectivity index (χ2n) is 8.63. The molecule has 0 amide bonds. The van der Waals surface area contributed by atoms with E-state index < -0.39 is 23.1 Å². The number of nitrogens with zero attached hydrogens (tertiary/aromatic N) is 1. The number of methoxy groups -OCH3 is 1. The van der Waals surface area contributed by atoms with E-state index in [9.17, 15) is 19.2 Å². The Bertz CT molecular complexity index is 1030. The van der Waals surface area contributed by atoms with E-state index in [2.05, 4.69) is 19.9 Å². The zero-order valence-electron chi connectivity index (χ0n) is 20.6. The van der Waals surface area contributed by atoms with Crippen LogP contribution in [0.2, 0.25) is 0 Å². The first-order valence-corrected chi connectivity index (χ1v) is 11.6. The van der Waals surface area contributed by atoms with Gasteiger partial charge in [-0.1, -0.05) is 49.6 Å². The Balaban J connectivity index is 2.50. The lowest BCUT2D eigenvalue weighted by Gasteiger charge is -2.35. The van der Waals surface area contributed by atoms with Crippen LogP contribution in [0.1, 0.15) is 53.9 Å². The topological polar surface area (TPSA) is 90.0 Å². The average molecular weight is 490 g/mol. The lowest BCUT2D eigenvalue weighted by Crippen LogP contribution is -2.52. The van der Waals surface area contributed by atoms with E-state index in [-0.39, 0.29) is 28.6 Å². The molecule has 0 saturated heterocycles. The van der Waals surface area contributed by atoms with Crippen molar-refractivity contribution >= 4 is 35.1 Å². The fourth-order valence-electron chi connectivity index (χ4n) is 3.72. The summed E-state index contributed by atoms with van der Waals surface area (Å²) in [5.41, 5.74) is 0.213. The average Bonchev–Trinajstić information content (AvgIpc) is 2.79. The van der Waals surface area contributed by atoms with Gasteiger partial charge in [-0.3, -0.25) is 19.2 Å². The van der Waals surface area contributed by atoms with E-state index in [1.165, 1.54) is 14.0 Å². The summed E-state index contributed by atoms with van der Waals surface area (Å²) in [5, 5.41) is -0.165. The number of ether oxygens (including phenoxy) is 2. The summed E-state index contributed by atoms with van der Waals surface area (Å²) < 4.78 is 9.83. The molecule has 0 aromatic heterocycles. The van der Waals surface area contributed by atoms with Crippen LogP contribution in [-0.4, -0.2) is 47.7 Å². The third kappa shape index (κ3) is 6.14. The van der Waals surface area contributed by atoms with Crippen LogP contribution in [-0.2, 0) is 28.7 Å². The SMILES string of the molecule is CC[C@H](C)/C=C(C)/C=C/C1=CC2=C(Cl)C(=O)[C@](C)(OC(C)=O)C(=O)C2=CN1CCCC(=O)OC. The number of hydrogen-bond donors (Lipinski definition) is 0. The van der Waals surface area contributed by atoms with Crippen LogP contribution in [0.4, 0.5) is 0 Å². The Morgan fingerprint density at radius 3 is 2.50 bits per heavy atom. The van der Waals surface area contributed by atoms with Gasteiger partial charge >= 0.3 is 11.9 Å². The number of fused-ring (bicyclic) bond motifs is 1. The van der Waals surface area contributed by atoms with Crippen LogP contribution >= 0.6 is 11.6 Å². The van der Waals surface area contributed by atoms with Gasteiger partial charge in [-0.05, 0) is 38.3 Å². The zero-order valence-corrected chi connectivity index (χ0v) is 21.3. The largest absolute Gasteiger partial charge is 0.469 e. The van der Waals surface area contributed by atoms with Crippen molar-refractivity contribution in [3.63, 3.8) is 0 Å². The molecular formula is C26H32ClNO6. The van der Waals surface area contributed by atoms with E-state index in [4.69, 9.17) is 21.1 Å². The first-order valence-electron chi connectivity index (χ1n) is 11.3. The number of hydrogen-bond acceptors (Lipinski definition) is 7. The molecule has 34 heavy (non-hydrogen) atoms. The Morgan fingerprint density at radius 2 is 1.91 bits per heavy atom. The number of allylic oxidation sites excluding steroid dienone is 6. The number of ketones is 2. The molecule has 0 fully saturated rings.